The standard InChI is InChI=1S/C19H20Cl2N2O2S2/c1-2-25-18(24)16-13-5-3-4-6-15(13)27-17(16)23-19(26)22-10-11-7-8-12(20)9-14(11)21/h7-9H,2-6,10H2,1H3,(H2,22,23,26). The van der Waals surface area contributed by atoms with Crippen LogP contribution < -0.4 is 10.6 Å². The van der Waals surface area contributed by atoms with Crippen molar-refractivity contribution in [2.24, 2.45) is 0 Å². The topological polar surface area (TPSA) is 50.4 Å². The highest BCUT2D eigenvalue weighted by atomic mass is 35.5. The first-order valence-corrected chi connectivity index (χ1v) is 10.8. The van der Waals surface area contributed by atoms with Crippen LogP contribution in [0.3, 0.4) is 0 Å². The number of halogens is 2. The van der Waals surface area contributed by atoms with Crippen LogP contribution in [0, 0.1) is 0 Å². The number of carbonyl (C=O) groups excluding carboxylic acids is 1. The van der Waals surface area contributed by atoms with E-state index in [2.05, 4.69) is 10.6 Å². The van der Waals surface area contributed by atoms with E-state index in [1.165, 1.54) is 4.88 Å². The Morgan fingerprint density at radius 2 is 2.07 bits per heavy atom. The van der Waals surface area contributed by atoms with Crippen LogP contribution >= 0.6 is 46.8 Å². The lowest BCUT2D eigenvalue weighted by atomic mass is 9.95. The van der Waals surface area contributed by atoms with E-state index >= 15 is 0 Å². The Hall–Kier alpha value is -1.34. The van der Waals surface area contributed by atoms with Gasteiger partial charge >= 0.3 is 5.97 Å². The van der Waals surface area contributed by atoms with E-state index in [1.807, 2.05) is 13.0 Å². The zero-order chi connectivity index (χ0) is 19.4. The van der Waals surface area contributed by atoms with E-state index in [1.54, 1.807) is 23.5 Å². The van der Waals surface area contributed by atoms with E-state index in [0.717, 1.165) is 41.8 Å². The molecule has 144 valence electrons. The van der Waals surface area contributed by atoms with E-state index < -0.39 is 0 Å². The first-order chi connectivity index (χ1) is 13.0. The number of nitrogens with one attached hydrogen (secondary N) is 2. The molecule has 1 aromatic heterocycles. The van der Waals surface area contributed by atoms with Gasteiger partial charge in [0.05, 0.1) is 12.2 Å². The van der Waals surface area contributed by atoms with Gasteiger partial charge in [0.2, 0.25) is 0 Å². The van der Waals surface area contributed by atoms with Gasteiger partial charge in [-0.2, -0.15) is 0 Å². The van der Waals surface area contributed by atoms with Gasteiger partial charge in [0, 0.05) is 21.5 Å². The fourth-order valence-electron chi connectivity index (χ4n) is 3.06. The van der Waals surface area contributed by atoms with Crippen molar-refractivity contribution in [2.45, 2.75) is 39.2 Å². The van der Waals surface area contributed by atoms with Gasteiger partial charge in [-0.05, 0) is 68.1 Å². The molecule has 0 bridgehead atoms. The third kappa shape index (κ3) is 4.93. The maximum Gasteiger partial charge on any atom is 0.341 e. The number of hydrogen-bond acceptors (Lipinski definition) is 4. The quantitative estimate of drug-likeness (QED) is 0.466. The van der Waals surface area contributed by atoms with Gasteiger partial charge in [0.15, 0.2) is 5.11 Å². The van der Waals surface area contributed by atoms with Crippen molar-refractivity contribution in [3.05, 3.63) is 49.8 Å². The number of aryl methyl sites for hydroxylation is 1. The second kappa shape index (κ2) is 9.24. The fourth-order valence-corrected chi connectivity index (χ4v) is 5.06. The summed E-state index contributed by atoms with van der Waals surface area (Å²) in [4.78, 5) is 13.7. The summed E-state index contributed by atoms with van der Waals surface area (Å²) >= 11 is 19.1. The number of fused-ring (bicyclic) bond motifs is 1. The molecule has 0 fully saturated rings. The summed E-state index contributed by atoms with van der Waals surface area (Å²) in [5.74, 6) is -0.289. The minimum Gasteiger partial charge on any atom is -0.462 e. The van der Waals surface area contributed by atoms with Gasteiger partial charge in [-0.3, -0.25) is 0 Å². The molecule has 0 aliphatic heterocycles. The highest BCUT2D eigenvalue weighted by Gasteiger charge is 2.26. The molecule has 1 aliphatic carbocycles. The number of anilines is 1. The normalized spacial score (nSPS) is 13.0. The molecule has 0 amide bonds. The summed E-state index contributed by atoms with van der Waals surface area (Å²) < 4.78 is 5.26. The van der Waals surface area contributed by atoms with Crippen LogP contribution in [-0.4, -0.2) is 17.7 Å². The molecule has 0 radical (unpaired) electrons. The molecule has 1 aromatic carbocycles. The number of carbonyl (C=O) groups is 1. The zero-order valence-corrected chi connectivity index (χ0v) is 18.0. The number of ether oxygens (including phenoxy) is 1. The van der Waals surface area contributed by atoms with E-state index in [0.29, 0.717) is 33.9 Å². The van der Waals surface area contributed by atoms with Crippen LogP contribution in [0.15, 0.2) is 18.2 Å². The molecule has 0 unspecified atom stereocenters. The number of benzene rings is 1. The maximum atomic E-state index is 12.5. The van der Waals surface area contributed by atoms with Crippen LogP contribution in [0.4, 0.5) is 5.00 Å². The molecule has 3 rings (SSSR count). The minimum absolute atomic E-state index is 0.289. The summed E-state index contributed by atoms with van der Waals surface area (Å²) in [6.07, 6.45) is 4.14. The molecular weight excluding hydrogens is 423 g/mol. The van der Waals surface area contributed by atoms with Crippen molar-refractivity contribution < 1.29 is 9.53 Å². The largest absolute Gasteiger partial charge is 0.462 e. The van der Waals surface area contributed by atoms with Gasteiger partial charge in [0.25, 0.3) is 0 Å². The number of thiocarbonyl (C=S) groups is 1. The summed E-state index contributed by atoms with van der Waals surface area (Å²) in [6.45, 7) is 2.62. The number of esters is 1. The van der Waals surface area contributed by atoms with Crippen molar-refractivity contribution in [3.8, 4) is 0 Å². The molecule has 8 heteroatoms. The van der Waals surface area contributed by atoms with Crippen LogP contribution in [0.5, 0.6) is 0 Å². The highest BCUT2D eigenvalue weighted by molar-refractivity contribution is 7.80. The lowest BCUT2D eigenvalue weighted by molar-refractivity contribution is 0.0526. The minimum atomic E-state index is -0.289. The predicted molar refractivity (Wildman–Crippen MR) is 116 cm³/mol. The van der Waals surface area contributed by atoms with Crippen LogP contribution in [0.25, 0.3) is 0 Å². The van der Waals surface area contributed by atoms with Gasteiger partial charge in [-0.1, -0.05) is 29.3 Å². The van der Waals surface area contributed by atoms with Crippen molar-refractivity contribution in [1.82, 2.24) is 5.32 Å². The third-order valence-electron chi connectivity index (χ3n) is 4.33. The average molecular weight is 443 g/mol. The maximum absolute atomic E-state index is 12.5. The Labute approximate surface area is 178 Å². The Balaban J connectivity index is 1.73. The van der Waals surface area contributed by atoms with Crippen molar-refractivity contribution in [1.29, 1.82) is 0 Å². The van der Waals surface area contributed by atoms with E-state index in [4.69, 9.17) is 40.2 Å². The Bertz CT molecular complexity index is 868. The van der Waals surface area contributed by atoms with Gasteiger partial charge in [-0.25, -0.2) is 4.79 Å². The molecule has 0 atom stereocenters. The molecule has 1 aliphatic rings. The smallest absolute Gasteiger partial charge is 0.341 e. The zero-order valence-electron chi connectivity index (χ0n) is 14.9. The molecule has 27 heavy (non-hydrogen) atoms. The van der Waals surface area contributed by atoms with Crippen molar-refractivity contribution >= 4 is 62.8 Å². The van der Waals surface area contributed by atoms with E-state index in [9.17, 15) is 4.79 Å². The number of thiophene rings is 1. The second-order valence-electron chi connectivity index (χ2n) is 6.18. The van der Waals surface area contributed by atoms with Crippen LogP contribution in [0.2, 0.25) is 10.0 Å². The predicted octanol–water partition coefficient (Wildman–Crippen LogP) is 5.60. The second-order valence-corrected chi connectivity index (χ2v) is 8.54. The number of hydrogen-bond donors (Lipinski definition) is 2. The highest BCUT2D eigenvalue weighted by Crippen LogP contribution is 2.38. The molecule has 0 spiro atoms. The molecule has 1 heterocycles. The molecule has 4 nitrogen and oxygen atoms in total. The van der Waals surface area contributed by atoms with E-state index in [-0.39, 0.29) is 5.97 Å². The third-order valence-corrected chi connectivity index (χ3v) is 6.37. The Kier molecular flexibility index (Phi) is 6.98. The molecule has 0 saturated carbocycles. The summed E-state index contributed by atoms with van der Waals surface area (Å²) in [6, 6.07) is 5.34. The molecule has 2 N–H and O–H groups in total. The fraction of sp³-hybridized carbons (Fsp3) is 0.368. The summed E-state index contributed by atoms with van der Waals surface area (Å²) in [5, 5.41) is 8.67. The first kappa shape index (κ1) is 20.4. The summed E-state index contributed by atoms with van der Waals surface area (Å²) in [5.41, 5.74) is 2.63. The lowest BCUT2D eigenvalue weighted by Gasteiger charge is -2.13. The Morgan fingerprint density at radius 1 is 1.30 bits per heavy atom. The molecular formula is C19H20Cl2N2O2S2. The van der Waals surface area contributed by atoms with Crippen molar-refractivity contribution in [2.75, 3.05) is 11.9 Å². The van der Waals surface area contributed by atoms with Crippen LogP contribution in [0.1, 0.15) is 46.1 Å². The first-order valence-electron chi connectivity index (χ1n) is 8.80. The lowest BCUT2D eigenvalue weighted by Crippen LogP contribution is -2.28. The number of rotatable bonds is 5. The SMILES string of the molecule is CCOC(=O)c1c(NC(=S)NCc2ccc(Cl)cc2Cl)sc2c1CCCC2. The monoisotopic (exact) mass is 442 g/mol. The average Bonchev–Trinajstić information content (AvgIpc) is 2.99. The Morgan fingerprint density at radius 3 is 2.81 bits per heavy atom. The molecule has 2 aromatic rings. The van der Waals surface area contributed by atoms with Crippen molar-refractivity contribution in [3.63, 3.8) is 0 Å². The molecule has 0 saturated heterocycles. The van der Waals surface area contributed by atoms with Gasteiger partial charge < -0.3 is 15.4 Å². The van der Waals surface area contributed by atoms with Crippen LogP contribution in [-0.2, 0) is 24.1 Å². The van der Waals surface area contributed by atoms with Gasteiger partial charge in [-0.15, -0.1) is 11.3 Å². The van der Waals surface area contributed by atoms with Gasteiger partial charge in [0.1, 0.15) is 5.00 Å². The summed E-state index contributed by atoms with van der Waals surface area (Å²) in [7, 11) is 0.